The molecule has 0 atom stereocenters. The van der Waals surface area contributed by atoms with Crippen molar-refractivity contribution >= 4 is 21.9 Å². The highest BCUT2D eigenvalue weighted by Gasteiger charge is 2.04. The number of para-hydroxylation sites is 1. The average molecular weight is 244 g/mol. The van der Waals surface area contributed by atoms with Crippen molar-refractivity contribution in [1.29, 1.82) is 0 Å². The number of aromatic nitrogens is 1. The van der Waals surface area contributed by atoms with Gasteiger partial charge >= 0.3 is 0 Å². The van der Waals surface area contributed by atoms with Crippen LogP contribution in [0.5, 0.6) is 0 Å². The second kappa shape index (κ2) is 3.95. The molecule has 90 valence electrons. The van der Waals surface area contributed by atoms with Crippen molar-refractivity contribution in [2.75, 3.05) is 0 Å². The predicted octanol–water partition coefficient (Wildman–Crippen LogP) is 4.45. The van der Waals surface area contributed by atoms with Crippen molar-refractivity contribution < 1.29 is 4.42 Å². The van der Waals surface area contributed by atoms with E-state index in [2.05, 4.69) is 17.1 Å². The number of nitrogens with zero attached hydrogens (tertiary/aromatic N) is 1. The molecule has 2 aromatic carbocycles. The minimum atomic E-state index is 0.849. The van der Waals surface area contributed by atoms with E-state index in [0.29, 0.717) is 0 Å². The molecule has 4 rings (SSSR count). The van der Waals surface area contributed by atoms with Crippen molar-refractivity contribution in [2.45, 2.75) is 0 Å². The van der Waals surface area contributed by atoms with Gasteiger partial charge in [-0.2, -0.15) is 0 Å². The molecule has 2 heterocycles. The first kappa shape index (κ1) is 10.3. The Morgan fingerprint density at radius 3 is 2.68 bits per heavy atom. The van der Waals surface area contributed by atoms with Crippen LogP contribution in [-0.2, 0) is 0 Å². The zero-order chi connectivity index (χ0) is 12.7. The first-order valence-electron chi connectivity index (χ1n) is 6.17. The van der Waals surface area contributed by atoms with Gasteiger partial charge in [0.2, 0.25) is 0 Å². The Bertz CT molecular complexity index is 862. The third-order valence-electron chi connectivity index (χ3n) is 3.26. The first-order valence-corrected chi connectivity index (χ1v) is 6.17. The molecule has 4 aromatic rings. The molecule has 0 fully saturated rings. The molecule has 0 saturated heterocycles. The minimum Gasteiger partial charge on any atom is -0.501 e. The summed E-state index contributed by atoms with van der Waals surface area (Å²) >= 11 is 0. The zero-order valence-electron chi connectivity index (χ0n) is 10.1. The van der Waals surface area contributed by atoms with Gasteiger partial charge in [-0.05, 0) is 17.8 Å². The van der Waals surface area contributed by atoms with Gasteiger partial charge in [0.1, 0.15) is 5.58 Å². The first-order chi connectivity index (χ1) is 9.43. The number of hydrogen-bond donors (Lipinski definition) is 0. The number of benzene rings is 2. The second-order valence-electron chi connectivity index (χ2n) is 4.41. The predicted molar refractivity (Wildman–Crippen MR) is 75.8 cm³/mol. The van der Waals surface area contributed by atoms with Crippen molar-refractivity contribution in [2.24, 2.45) is 0 Å². The zero-order valence-corrected chi connectivity index (χ0v) is 10.1. The second-order valence-corrected chi connectivity index (χ2v) is 4.41. The molecular weight excluding hydrogens is 234 g/mol. The Balaban J connectivity index is 2.13. The van der Waals surface area contributed by atoms with Gasteiger partial charge in [-0.25, -0.2) is 0 Å². The fourth-order valence-electron chi connectivity index (χ4n) is 2.39. The van der Waals surface area contributed by atoms with Gasteiger partial charge in [0.25, 0.3) is 0 Å². The van der Waals surface area contributed by atoms with Crippen molar-refractivity contribution in [3.05, 3.63) is 66.9 Å². The minimum absolute atomic E-state index is 0.849. The summed E-state index contributed by atoms with van der Waals surface area (Å²) in [6, 6.07) is 21.1. The fraction of sp³-hybridized carbons (Fsp3) is 0. The van der Waals surface area contributed by atoms with E-state index in [1.807, 2.05) is 48.5 Å². The van der Waals surface area contributed by atoms with Crippen molar-refractivity contribution in [1.82, 2.24) is 4.98 Å². The van der Waals surface area contributed by atoms with Gasteiger partial charge in [-0.3, -0.25) is 0 Å². The van der Waals surface area contributed by atoms with Crippen LogP contribution in [0.2, 0.25) is 0 Å². The Morgan fingerprint density at radius 2 is 1.79 bits per heavy atom. The quantitative estimate of drug-likeness (QED) is 0.462. The lowest BCUT2D eigenvalue weighted by atomic mass is 10.1. The molecule has 2 nitrogen and oxygen atoms in total. The van der Waals surface area contributed by atoms with Crippen LogP contribution in [0.1, 0.15) is 0 Å². The Morgan fingerprint density at radius 1 is 0.895 bits per heavy atom. The standard InChI is InChI=1S/C17H10NO/c1-2-10-16-12(6-1)13-7-5-8-14(17(13)19-16)15-9-3-4-11-18-15/h1-7,9-11H/q-1. The van der Waals surface area contributed by atoms with E-state index in [1.54, 1.807) is 6.20 Å². The van der Waals surface area contributed by atoms with Crippen LogP contribution < -0.4 is 0 Å². The third kappa shape index (κ3) is 1.54. The number of rotatable bonds is 1. The normalized spacial score (nSPS) is 11.2. The summed E-state index contributed by atoms with van der Waals surface area (Å²) in [5.41, 5.74) is 3.54. The van der Waals surface area contributed by atoms with Gasteiger partial charge in [-0.15, -0.1) is 18.2 Å². The highest BCUT2D eigenvalue weighted by atomic mass is 16.3. The molecule has 2 aromatic heterocycles. The number of hydrogen-bond acceptors (Lipinski definition) is 2. The Labute approximate surface area is 110 Å². The topological polar surface area (TPSA) is 26.0 Å². The van der Waals surface area contributed by atoms with Crippen molar-refractivity contribution in [3.8, 4) is 11.3 Å². The molecule has 0 N–H and O–H groups in total. The maximum absolute atomic E-state index is 5.97. The van der Waals surface area contributed by atoms with Gasteiger partial charge in [0.15, 0.2) is 0 Å². The van der Waals surface area contributed by atoms with Gasteiger partial charge in [0.05, 0.1) is 5.58 Å². The molecule has 0 spiro atoms. The molecule has 0 amide bonds. The van der Waals surface area contributed by atoms with E-state index in [9.17, 15) is 0 Å². The summed E-state index contributed by atoms with van der Waals surface area (Å²) in [7, 11) is 0. The van der Waals surface area contributed by atoms with Crippen LogP contribution in [0, 0.1) is 6.07 Å². The lowest BCUT2D eigenvalue weighted by Crippen LogP contribution is -1.82. The summed E-state index contributed by atoms with van der Waals surface area (Å²) in [6.07, 6.45) is 1.78. The Hall–Kier alpha value is -2.61. The van der Waals surface area contributed by atoms with Gasteiger partial charge in [0, 0.05) is 11.6 Å². The number of furan rings is 1. The lowest BCUT2D eigenvalue weighted by Gasteiger charge is -2.08. The highest BCUT2D eigenvalue weighted by Crippen LogP contribution is 2.34. The maximum Gasteiger partial charge on any atom is 0.120 e. The molecule has 0 aliphatic carbocycles. The van der Waals surface area contributed by atoms with E-state index >= 15 is 0 Å². The highest BCUT2D eigenvalue weighted by molar-refractivity contribution is 6.09. The van der Waals surface area contributed by atoms with Crippen LogP contribution in [-0.4, -0.2) is 4.98 Å². The van der Waals surface area contributed by atoms with Gasteiger partial charge in [-0.1, -0.05) is 41.3 Å². The van der Waals surface area contributed by atoms with Gasteiger partial charge < -0.3 is 9.40 Å². The van der Waals surface area contributed by atoms with Crippen LogP contribution >= 0.6 is 0 Å². The van der Waals surface area contributed by atoms with E-state index in [1.165, 1.54) is 0 Å². The lowest BCUT2D eigenvalue weighted by molar-refractivity contribution is 0.669. The SMILES string of the molecule is [c-]1ccc2c(oc3ccccc32)c1-c1ccccn1. The maximum atomic E-state index is 5.97. The monoisotopic (exact) mass is 244 g/mol. The smallest absolute Gasteiger partial charge is 0.120 e. The average Bonchev–Trinajstić information content (AvgIpc) is 2.87. The van der Waals surface area contributed by atoms with Crippen LogP contribution in [0.25, 0.3) is 33.2 Å². The number of pyridine rings is 1. The largest absolute Gasteiger partial charge is 0.501 e. The van der Waals surface area contributed by atoms with Crippen molar-refractivity contribution in [3.63, 3.8) is 0 Å². The van der Waals surface area contributed by atoms with E-state index in [-0.39, 0.29) is 0 Å². The molecule has 0 bridgehead atoms. The molecular formula is C17H10NO-. The fourth-order valence-corrected chi connectivity index (χ4v) is 2.39. The molecule has 0 saturated carbocycles. The summed E-state index contributed by atoms with van der Waals surface area (Å²) in [4.78, 5) is 4.38. The van der Waals surface area contributed by atoms with E-state index in [0.717, 1.165) is 33.2 Å². The number of fused-ring (bicyclic) bond motifs is 3. The summed E-state index contributed by atoms with van der Waals surface area (Å²) in [6.45, 7) is 0. The molecule has 19 heavy (non-hydrogen) atoms. The Kier molecular flexibility index (Phi) is 2.15. The third-order valence-corrected chi connectivity index (χ3v) is 3.26. The molecule has 0 aliphatic heterocycles. The van der Waals surface area contributed by atoms with Crippen LogP contribution in [0.15, 0.2) is 65.2 Å². The summed E-state index contributed by atoms with van der Waals surface area (Å²) in [5, 5.41) is 2.23. The van der Waals surface area contributed by atoms with E-state index < -0.39 is 0 Å². The molecule has 0 radical (unpaired) electrons. The summed E-state index contributed by atoms with van der Waals surface area (Å²) in [5.74, 6) is 0. The van der Waals surface area contributed by atoms with Crippen LogP contribution in [0.4, 0.5) is 0 Å². The van der Waals surface area contributed by atoms with E-state index in [4.69, 9.17) is 4.42 Å². The molecule has 2 heteroatoms. The molecule has 0 unspecified atom stereocenters. The van der Waals surface area contributed by atoms with Crippen LogP contribution in [0.3, 0.4) is 0 Å². The molecule has 0 aliphatic rings. The summed E-state index contributed by atoms with van der Waals surface area (Å²) < 4.78 is 5.97.